The van der Waals surface area contributed by atoms with E-state index in [1.165, 1.54) is 51.7 Å². The van der Waals surface area contributed by atoms with Gasteiger partial charge in [0.2, 0.25) is 0 Å². The Balaban J connectivity index is 2.33. The maximum absolute atomic E-state index is 5.77. The molecule has 0 spiro atoms. The van der Waals surface area contributed by atoms with E-state index < -0.39 is 0 Å². The highest BCUT2D eigenvalue weighted by Gasteiger charge is 2.20. The van der Waals surface area contributed by atoms with Crippen LogP contribution in [0, 0.1) is 5.41 Å². The third-order valence-corrected chi connectivity index (χ3v) is 3.15. The SMILES string of the molecule is CC(C)(CN)CN1CCCCCCC1. The van der Waals surface area contributed by atoms with Crippen molar-refractivity contribution < 1.29 is 0 Å². The van der Waals surface area contributed by atoms with Crippen LogP contribution in [0.15, 0.2) is 0 Å². The van der Waals surface area contributed by atoms with E-state index in [0.29, 0.717) is 5.41 Å². The molecule has 0 bridgehead atoms. The maximum Gasteiger partial charge on any atom is 0.00447 e. The van der Waals surface area contributed by atoms with E-state index in [1.54, 1.807) is 0 Å². The zero-order valence-electron chi connectivity index (χ0n) is 9.89. The first-order chi connectivity index (χ1) is 6.64. The third kappa shape index (κ3) is 4.43. The molecule has 2 heteroatoms. The first-order valence-corrected chi connectivity index (χ1v) is 6.06. The molecular weight excluding hydrogens is 172 g/mol. The van der Waals surface area contributed by atoms with Gasteiger partial charge in [0.25, 0.3) is 0 Å². The van der Waals surface area contributed by atoms with Crippen molar-refractivity contribution in [3.05, 3.63) is 0 Å². The van der Waals surface area contributed by atoms with Gasteiger partial charge < -0.3 is 10.6 Å². The molecule has 1 aliphatic heterocycles. The summed E-state index contributed by atoms with van der Waals surface area (Å²) in [6.07, 6.45) is 7.02. The lowest BCUT2D eigenvalue weighted by atomic mass is 9.92. The fourth-order valence-corrected chi connectivity index (χ4v) is 2.14. The molecule has 1 saturated heterocycles. The van der Waals surface area contributed by atoms with Crippen molar-refractivity contribution in [1.29, 1.82) is 0 Å². The second-order valence-corrected chi connectivity index (χ2v) is 5.41. The average Bonchev–Trinajstić information content (AvgIpc) is 2.10. The van der Waals surface area contributed by atoms with Gasteiger partial charge in [0.05, 0.1) is 0 Å². The highest BCUT2D eigenvalue weighted by molar-refractivity contribution is 4.75. The molecule has 84 valence electrons. The third-order valence-electron chi connectivity index (χ3n) is 3.15. The maximum atomic E-state index is 5.77. The van der Waals surface area contributed by atoms with E-state index >= 15 is 0 Å². The molecule has 2 nitrogen and oxygen atoms in total. The minimum Gasteiger partial charge on any atom is -0.330 e. The fraction of sp³-hybridized carbons (Fsp3) is 1.00. The fourth-order valence-electron chi connectivity index (χ4n) is 2.14. The molecule has 0 aromatic rings. The number of hydrogen-bond acceptors (Lipinski definition) is 2. The summed E-state index contributed by atoms with van der Waals surface area (Å²) in [7, 11) is 0. The predicted molar refractivity (Wildman–Crippen MR) is 62.4 cm³/mol. The largest absolute Gasteiger partial charge is 0.330 e. The van der Waals surface area contributed by atoms with E-state index in [4.69, 9.17) is 5.73 Å². The molecule has 14 heavy (non-hydrogen) atoms. The highest BCUT2D eigenvalue weighted by Crippen LogP contribution is 2.18. The topological polar surface area (TPSA) is 29.3 Å². The minimum atomic E-state index is 0.291. The van der Waals surface area contributed by atoms with Crippen LogP contribution < -0.4 is 5.73 Å². The summed E-state index contributed by atoms with van der Waals surface area (Å²) in [5.41, 5.74) is 6.06. The molecule has 0 aliphatic carbocycles. The van der Waals surface area contributed by atoms with Crippen LogP contribution in [0.4, 0.5) is 0 Å². The smallest absolute Gasteiger partial charge is 0.00447 e. The Morgan fingerprint density at radius 1 is 1.00 bits per heavy atom. The lowest BCUT2D eigenvalue weighted by Crippen LogP contribution is -2.40. The van der Waals surface area contributed by atoms with E-state index in [-0.39, 0.29) is 0 Å². The van der Waals surface area contributed by atoms with Crippen molar-refractivity contribution in [2.75, 3.05) is 26.2 Å². The van der Waals surface area contributed by atoms with Crippen LogP contribution in [-0.2, 0) is 0 Å². The van der Waals surface area contributed by atoms with Gasteiger partial charge in [0, 0.05) is 6.54 Å². The van der Waals surface area contributed by atoms with Gasteiger partial charge >= 0.3 is 0 Å². The molecule has 0 aromatic carbocycles. The quantitative estimate of drug-likeness (QED) is 0.753. The van der Waals surface area contributed by atoms with E-state index in [2.05, 4.69) is 18.7 Å². The zero-order chi connectivity index (χ0) is 10.4. The number of nitrogens with zero attached hydrogens (tertiary/aromatic N) is 1. The Morgan fingerprint density at radius 3 is 2.00 bits per heavy atom. The van der Waals surface area contributed by atoms with Gasteiger partial charge in [-0.05, 0) is 37.9 Å². The molecule has 1 fully saturated rings. The first kappa shape index (κ1) is 12.0. The highest BCUT2D eigenvalue weighted by atomic mass is 15.1. The van der Waals surface area contributed by atoms with Crippen LogP contribution >= 0.6 is 0 Å². The van der Waals surface area contributed by atoms with E-state index in [1.807, 2.05) is 0 Å². The van der Waals surface area contributed by atoms with E-state index in [9.17, 15) is 0 Å². The Kier molecular flexibility index (Phi) is 4.90. The van der Waals surface area contributed by atoms with Crippen LogP contribution in [0.1, 0.15) is 46.0 Å². The molecule has 0 amide bonds. The number of hydrogen-bond donors (Lipinski definition) is 1. The van der Waals surface area contributed by atoms with Gasteiger partial charge in [-0.3, -0.25) is 0 Å². The molecule has 0 atom stereocenters. The minimum absolute atomic E-state index is 0.291. The summed E-state index contributed by atoms with van der Waals surface area (Å²) in [6, 6.07) is 0. The van der Waals surface area contributed by atoms with Crippen molar-refractivity contribution in [2.24, 2.45) is 11.1 Å². The zero-order valence-corrected chi connectivity index (χ0v) is 9.89. The molecule has 1 heterocycles. The van der Waals surface area contributed by atoms with E-state index in [0.717, 1.165) is 6.54 Å². The summed E-state index contributed by atoms with van der Waals surface area (Å²) >= 11 is 0. The number of likely N-dealkylation sites (tertiary alicyclic amines) is 1. The lowest BCUT2D eigenvalue weighted by Gasteiger charge is -2.32. The van der Waals surface area contributed by atoms with Gasteiger partial charge in [-0.15, -0.1) is 0 Å². The molecule has 2 N–H and O–H groups in total. The van der Waals surface area contributed by atoms with Crippen LogP contribution in [-0.4, -0.2) is 31.1 Å². The predicted octanol–water partition coefficient (Wildman–Crippen LogP) is 2.24. The standard InChI is InChI=1S/C12H26N2/c1-12(2,10-13)11-14-8-6-4-3-5-7-9-14/h3-11,13H2,1-2H3. The van der Waals surface area contributed by atoms with Crippen molar-refractivity contribution in [3.63, 3.8) is 0 Å². The Bertz CT molecular complexity index is 146. The van der Waals surface area contributed by atoms with Crippen LogP contribution in [0.25, 0.3) is 0 Å². The molecule has 0 aromatic heterocycles. The second kappa shape index (κ2) is 5.72. The summed E-state index contributed by atoms with van der Waals surface area (Å²) < 4.78 is 0. The molecule has 1 rings (SSSR count). The van der Waals surface area contributed by atoms with Crippen LogP contribution in [0.5, 0.6) is 0 Å². The van der Waals surface area contributed by atoms with Crippen molar-refractivity contribution in [3.8, 4) is 0 Å². The lowest BCUT2D eigenvalue weighted by molar-refractivity contribution is 0.170. The van der Waals surface area contributed by atoms with Gasteiger partial charge in [0.15, 0.2) is 0 Å². The summed E-state index contributed by atoms with van der Waals surface area (Å²) in [5, 5.41) is 0. The van der Waals surface area contributed by atoms with Crippen LogP contribution in [0.3, 0.4) is 0 Å². The van der Waals surface area contributed by atoms with Gasteiger partial charge in [0.1, 0.15) is 0 Å². The second-order valence-electron chi connectivity index (χ2n) is 5.41. The molecular formula is C12H26N2. The monoisotopic (exact) mass is 198 g/mol. The Morgan fingerprint density at radius 2 is 1.50 bits per heavy atom. The first-order valence-electron chi connectivity index (χ1n) is 6.06. The Hall–Kier alpha value is -0.0800. The molecule has 0 radical (unpaired) electrons. The van der Waals surface area contributed by atoms with Crippen molar-refractivity contribution in [1.82, 2.24) is 4.90 Å². The van der Waals surface area contributed by atoms with Crippen LogP contribution in [0.2, 0.25) is 0 Å². The average molecular weight is 198 g/mol. The number of rotatable bonds is 3. The van der Waals surface area contributed by atoms with Gasteiger partial charge in [-0.2, -0.15) is 0 Å². The van der Waals surface area contributed by atoms with Crippen molar-refractivity contribution >= 4 is 0 Å². The summed E-state index contributed by atoms with van der Waals surface area (Å²) in [5.74, 6) is 0. The Labute approximate surface area is 88.8 Å². The number of nitrogens with two attached hydrogens (primary N) is 1. The normalized spacial score (nSPS) is 21.6. The summed E-state index contributed by atoms with van der Waals surface area (Å²) in [4.78, 5) is 2.60. The summed E-state index contributed by atoms with van der Waals surface area (Å²) in [6.45, 7) is 9.07. The van der Waals surface area contributed by atoms with Gasteiger partial charge in [-0.1, -0.05) is 33.1 Å². The molecule has 0 unspecified atom stereocenters. The molecule has 1 aliphatic rings. The van der Waals surface area contributed by atoms with Gasteiger partial charge in [-0.25, -0.2) is 0 Å². The molecule has 0 saturated carbocycles. The van der Waals surface area contributed by atoms with Crippen molar-refractivity contribution in [2.45, 2.75) is 46.0 Å².